The zero-order chi connectivity index (χ0) is 20.8. The summed E-state index contributed by atoms with van der Waals surface area (Å²) in [7, 11) is 0. The molecule has 2 heterocycles. The molecule has 1 aromatic carbocycles. The number of thiazole rings is 1. The van der Waals surface area contributed by atoms with Gasteiger partial charge >= 0.3 is 11.8 Å². The van der Waals surface area contributed by atoms with Crippen LogP contribution in [0.1, 0.15) is 42.1 Å². The van der Waals surface area contributed by atoms with Gasteiger partial charge in [-0.05, 0) is 18.9 Å². The first-order valence-electron chi connectivity index (χ1n) is 9.84. The summed E-state index contributed by atoms with van der Waals surface area (Å²) in [4.78, 5) is 45.8. The van der Waals surface area contributed by atoms with Crippen LogP contribution in [-0.4, -0.2) is 52.1 Å². The molecule has 0 spiro atoms. The maximum atomic E-state index is 13.1. The van der Waals surface area contributed by atoms with Crippen LogP contribution in [0.15, 0.2) is 35.7 Å². The van der Waals surface area contributed by atoms with Gasteiger partial charge in [-0.15, -0.1) is 11.3 Å². The number of unbranched alkanes of at least 4 members (excludes halogenated alkanes) is 1. The van der Waals surface area contributed by atoms with Crippen molar-refractivity contribution in [1.82, 2.24) is 20.1 Å². The largest absolute Gasteiger partial charge is 0.348 e. The Labute approximate surface area is 174 Å². The fourth-order valence-electron chi connectivity index (χ4n) is 3.37. The number of carbonyl (C=O) groups excluding carboxylic acids is 3. The lowest BCUT2D eigenvalue weighted by Gasteiger charge is -2.38. The quantitative estimate of drug-likeness (QED) is 0.672. The second-order valence-corrected chi connectivity index (χ2v) is 8.10. The molecule has 1 saturated heterocycles. The number of nitrogens with zero attached hydrogens (tertiary/aromatic N) is 3. The minimum atomic E-state index is -0.847. The number of piperazine rings is 1. The first-order valence-corrected chi connectivity index (χ1v) is 10.7. The first-order chi connectivity index (χ1) is 14.0. The van der Waals surface area contributed by atoms with Gasteiger partial charge in [0.15, 0.2) is 0 Å². The van der Waals surface area contributed by atoms with Gasteiger partial charge in [0, 0.05) is 25.0 Å². The highest BCUT2D eigenvalue weighted by Gasteiger charge is 2.39. The molecule has 1 fully saturated rings. The van der Waals surface area contributed by atoms with Gasteiger partial charge in [0.05, 0.1) is 17.2 Å². The lowest BCUT2D eigenvalue weighted by Crippen LogP contribution is -2.57. The summed E-state index contributed by atoms with van der Waals surface area (Å²) in [6, 6.07) is 8.26. The van der Waals surface area contributed by atoms with Crippen LogP contribution in [0, 0.1) is 6.92 Å². The lowest BCUT2D eigenvalue weighted by atomic mass is 10.0. The number of carbonyl (C=O) groups is 3. The molecule has 0 bridgehead atoms. The molecule has 1 N–H and O–H groups in total. The zero-order valence-corrected chi connectivity index (χ0v) is 17.6. The van der Waals surface area contributed by atoms with Gasteiger partial charge in [-0.1, -0.05) is 43.7 Å². The van der Waals surface area contributed by atoms with Crippen molar-refractivity contribution in [2.75, 3.05) is 19.6 Å². The van der Waals surface area contributed by atoms with Gasteiger partial charge in [0.25, 0.3) is 0 Å². The van der Waals surface area contributed by atoms with Crippen molar-refractivity contribution in [3.8, 4) is 0 Å². The minimum absolute atomic E-state index is 0.283. The van der Waals surface area contributed by atoms with Gasteiger partial charge in [0.2, 0.25) is 5.91 Å². The van der Waals surface area contributed by atoms with Crippen molar-refractivity contribution in [3.63, 3.8) is 0 Å². The number of aromatic nitrogens is 1. The molecule has 1 atom stereocenters. The van der Waals surface area contributed by atoms with E-state index in [0.29, 0.717) is 25.2 Å². The Morgan fingerprint density at radius 2 is 1.97 bits per heavy atom. The summed E-state index contributed by atoms with van der Waals surface area (Å²) in [6.45, 7) is 5.57. The smallest absolute Gasteiger partial charge is 0.313 e. The van der Waals surface area contributed by atoms with Gasteiger partial charge in [0.1, 0.15) is 6.04 Å². The predicted octanol–water partition coefficient (Wildman–Crippen LogP) is 2.28. The second-order valence-electron chi connectivity index (χ2n) is 7.03. The molecule has 3 amide bonds. The van der Waals surface area contributed by atoms with Crippen LogP contribution in [0.3, 0.4) is 0 Å². The summed E-state index contributed by atoms with van der Waals surface area (Å²) in [6.07, 6.45) is 1.81. The maximum Gasteiger partial charge on any atom is 0.313 e. The Balaban J connectivity index is 1.78. The number of hydrogen-bond acceptors (Lipinski definition) is 5. The molecule has 0 radical (unpaired) electrons. The van der Waals surface area contributed by atoms with E-state index >= 15 is 0 Å². The Hall–Kier alpha value is -2.74. The number of hydrogen-bond donors (Lipinski definition) is 1. The van der Waals surface area contributed by atoms with Gasteiger partial charge in [-0.3, -0.25) is 14.4 Å². The maximum absolute atomic E-state index is 13.1. The van der Waals surface area contributed by atoms with E-state index in [1.54, 1.807) is 17.0 Å². The highest BCUT2D eigenvalue weighted by molar-refractivity contribution is 7.09. The first kappa shape index (κ1) is 21.0. The van der Waals surface area contributed by atoms with Crippen LogP contribution in [0.4, 0.5) is 0 Å². The molecule has 1 aromatic heterocycles. The molecule has 0 unspecified atom stereocenters. The summed E-state index contributed by atoms with van der Waals surface area (Å²) in [5.74, 6) is -1.47. The van der Waals surface area contributed by atoms with Gasteiger partial charge < -0.3 is 15.1 Å². The van der Waals surface area contributed by atoms with Crippen molar-refractivity contribution in [2.45, 2.75) is 39.3 Å². The molecule has 154 valence electrons. The van der Waals surface area contributed by atoms with E-state index in [0.717, 1.165) is 23.5 Å². The van der Waals surface area contributed by atoms with E-state index in [1.165, 1.54) is 16.2 Å². The third-order valence-corrected chi connectivity index (χ3v) is 5.73. The van der Waals surface area contributed by atoms with Crippen molar-refractivity contribution < 1.29 is 14.4 Å². The van der Waals surface area contributed by atoms with E-state index < -0.39 is 17.9 Å². The highest BCUT2D eigenvalue weighted by atomic mass is 32.1. The second kappa shape index (κ2) is 9.65. The number of rotatable bonds is 8. The molecule has 0 saturated carbocycles. The van der Waals surface area contributed by atoms with Gasteiger partial charge in [-0.2, -0.15) is 0 Å². The monoisotopic (exact) mass is 414 g/mol. The highest BCUT2D eigenvalue weighted by Crippen LogP contribution is 2.24. The Morgan fingerprint density at radius 3 is 2.62 bits per heavy atom. The van der Waals surface area contributed by atoms with Crippen LogP contribution in [0.2, 0.25) is 0 Å². The zero-order valence-electron chi connectivity index (χ0n) is 16.8. The molecule has 1 aliphatic heterocycles. The normalized spacial score (nSPS) is 15.5. The van der Waals surface area contributed by atoms with Crippen LogP contribution in [-0.2, 0) is 20.9 Å². The Kier molecular flexibility index (Phi) is 6.98. The lowest BCUT2D eigenvalue weighted by molar-refractivity contribution is -0.159. The Bertz CT molecular complexity index is 868. The average Bonchev–Trinajstić information content (AvgIpc) is 3.15. The SMILES string of the molecule is CCCCN1CCN([C@@H](C(=O)NCc2csc(C)n2)c2ccccc2)C(=O)C1=O. The van der Waals surface area contributed by atoms with Crippen LogP contribution < -0.4 is 5.32 Å². The molecule has 7 nitrogen and oxygen atoms in total. The van der Waals surface area contributed by atoms with Crippen molar-refractivity contribution in [2.24, 2.45) is 0 Å². The molecule has 0 aliphatic carbocycles. The van der Waals surface area contributed by atoms with E-state index in [2.05, 4.69) is 10.3 Å². The molecular weight excluding hydrogens is 388 g/mol. The fourth-order valence-corrected chi connectivity index (χ4v) is 3.98. The van der Waals surface area contributed by atoms with Crippen molar-refractivity contribution in [1.29, 1.82) is 0 Å². The summed E-state index contributed by atoms with van der Waals surface area (Å²) >= 11 is 1.52. The predicted molar refractivity (Wildman–Crippen MR) is 111 cm³/mol. The summed E-state index contributed by atoms with van der Waals surface area (Å²) < 4.78 is 0. The molecule has 2 aromatic rings. The average molecular weight is 415 g/mol. The van der Waals surface area contributed by atoms with Crippen molar-refractivity contribution >= 4 is 29.1 Å². The van der Waals surface area contributed by atoms with E-state index in [4.69, 9.17) is 0 Å². The van der Waals surface area contributed by atoms with Crippen LogP contribution in [0.5, 0.6) is 0 Å². The summed E-state index contributed by atoms with van der Waals surface area (Å²) in [5.41, 5.74) is 1.46. The summed E-state index contributed by atoms with van der Waals surface area (Å²) in [5, 5.41) is 5.70. The van der Waals surface area contributed by atoms with E-state index in [-0.39, 0.29) is 12.5 Å². The standard InChI is InChI=1S/C21H26N4O3S/c1-3-4-10-24-11-12-25(21(28)20(24)27)18(16-8-6-5-7-9-16)19(26)22-13-17-14-29-15(2)23-17/h5-9,14,18H,3-4,10-13H2,1-2H3,(H,22,26)/t18-/m1/s1. The van der Waals surface area contributed by atoms with Crippen molar-refractivity contribution in [3.05, 3.63) is 52.0 Å². The number of amides is 3. The van der Waals surface area contributed by atoms with Crippen LogP contribution in [0.25, 0.3) is 0 Å². The number of nitrogens with one attached hydrogen (secondary N) is 1. The molecule has 1 aliphatic rings. The van der Waals surface area contributed by atoms with E-state index in [9.17, 15) is 14.4 Å². The van der Waals surface area contributed by atoms with Gasteiger partial charge in [-0.25, -0.2) is 4.98 Å². The molecule has 3 rings (SSSR count). The Morgan fingerprint density at radius 1 is 1.21 bits per heavy atom. The number of benzene rings is 1. The third kappa shape index (κ3) is 5.00. The van der Waals surface area contributed by atoms with Crippen LogP contribution >= 0.6 is 11.3 Å². The molecule has 29 heavy (non-hydrogen) atoms. The minimum Gasteiger partial charge on any atom is -0.348 e. The fraction of sp³-hybridized carbons (Fsp3) is 0.429. The molecular formula is C21H26N4O3S. The molecule has 8 heteroatoms. The number of aryl methyl sites for hydroxylation is 1. The topological polar surface area (TPSA) is 82.6 Å². The third-order valence-electron chi connectivity index (χ3n) is 4.91. The van der Waals surface area contributed by atoms with E-state index in [1.807, 2.05) is 37.4 Å².